The lowest BCUT2D eigenvalue weighted by atomic mass is 10.2. The molecule has 0 aliphatic rings. The molecule has 1 unspecified atom stereocenters. The number of nitrogens with zero attached hydrogens (tertiary/aromatic N) is 1. The Balaban J connectivity index is 2.78. The van der Waals surface area contributed by atoms with E-state index in [2.05, 4.69) is 5.16 Å². The van der Waals surface area contributed by atoms with Crippen molar-refractivity contribution in [3.05, 3.63) is 17.5 Å². The molecule has 1 aromatic rings. The summed E-state index contributed by atoms with van der Waals surface area (Å²) in [4.78, 5) is 0. The summed E-state index contributed by atoms with van der Waals surface area (Å²) in [5, 5.41) is 12.7. The van der Waals surface area contributed by atoms with Gasteiger partial charge in [-0.2, -0.15) is 0 Å². The van der Waals surface area contributed by atoms with Gasteiger partial charge in [-0.3, -0.25) is 0 Å². The fourth-order valence-corrected chi connectivity index (χ4v) is 0.692. The summed E-state index contributed by atoms with van der Waals surface area (Å²) in [6.45, 7) is 3.64. The van der Waals surface area contributed by atoms with Gasteiger partial charge in [-0.1, -0.05) is 12.1 Å². The first-order valence-corrected chi connectivity index (χ1v) is 3.37. The van der Waals surface area contributed by atoms with Crippen LogP contribution in [0.4, 0.5) is 0 Å². The smallest absolute Gasteiger partial charge is 0.165 e. The number of aliphatic hydroxyl groups is 1. The van der Waals surface area contributed by atoms with Crippen LogP contribution in [0.2, 0.25) is 0 Å². The molecule has 1 atom stereocenters. The second-order valence-electron chi connectivity index (χ2n) is 2.25. The molecule has 0 aliphatic heterocycles. The summed E-state index contributed by atoms with van der Waals surface area (Å²) in [5.74, 6) is 0.539. The van der Waals surface area contributed by atoms with Crippen molar-refractivity contribution in [2.75, 3.05) is 0 Å². The zero-order valence-corrected chi connectivity index (χ0v) is 6.16. The van der Waals surface area contributed by atoms with Crippen molar-refractivity contribution in [1.29, 1.82) is 0 Å². The van der Waals surface area contributed by atoms with Gasteiger partial charge in [0.05, 0.1) is 5.69 Å². The number of hydrogen-bond acceptors (Lipinski definition) is 3. The summed E-state index contributed by atoms with van der Waals surface area (Å²) >= 11 is 0. The maximum atomic E-state index is 9.00. The molecule has 3 heteroatoms. The van der Waals surface area contributed by atoms with Gasteiger partial charge in [0.15, 0.2) is 5.76 Å². The second-order valence-corrected chi connectivity index (χ2v) is 2.25. The van der Waals surface area contributed by atoms with Crippen LogP contribution in [0.5, 0.6) is 0 Å². The number of aliphatic hydroxyl groups excluding tert-OH is 1. The maximum Gasteiger partial charge on any atom is 0.165 e. The molecule has 3 nitrogen and oxygen atoms in total. The van der Waals surface area contributed by atoms with Crippen LogP contribution < -0.4 is 0 Å². The lowest BCUT2D eigenvalue weighted by molar-refractivity contribution is 0.157. The summed E-state index contributed by atoms with van der Waals surface area (Å²) < 4.78 is 4.82. The standard InChI is InChI=1S/C7H11NO2/c1-3-6-4-7(5(2)9)10-8-6/h4-5,9H,3H2,1-2H3. The van der Waals surface area contributed by atoms with Crippen molar-refractivity contribution >= 4 is 0 Å². The van der Waals surface area contributed by atoms with Gasteiger partial charge < -0.3 is 9.63 Å². The molecule has 0 saturated heterocycles. The van der Waals surface area contributed by atoms with Crippen molar-refractivity contribution in [1.82, 2.24) is 5.16 Å². The van der Waals surface area contributed by atoms with Crippen molar-refractivity contribution < 1.29 is 9.63 Å². The zero-order chi connectivity index (χ0) is 7.56. The van der Waals surface area contributed by atoms with E-state index in [9.17, 15) is 0 Å². The van der Waals surface area contributed by atoms with Crippen LogP contribution >= 0.6 is 0 Å². The first kappa shape index (κ1) is 7.28. The molecule has 56 valence electrons. The molecule has 1 heterocycles. The highest BCUT2D eigenvalue weighted by Gasteiger charge is 2.06. The summed E-state index contributed by atoms with van der Waals surface area (Å²) in [7, 11) is 0. The van der Waals surface area contributed by atoms with Gasteiger partial charge in [0, 0.05) is 6.07 Å². The molecule has 0 radical (unpaired) electrons. The zero-order valence-electron chi connectivity index (χ0n) is 6.16. The number of aromatic nitrogens is 1. The molecular formula is C7H11NO2. The van der Waals surface area contributed by atoms with Crippen molar-refractivity contribution in [2.45, 2.75) is 26.4 Å². The van der Waals surface area contributed by atoms with Gasteiger partial charge in [0.1, 0.15) is 6.10 Å². The molecule has 0 aliphatic carbocycles. The Labute approximate surface area is 59.7 Å². The predicted molar refractivity (Wildman–Crippen MR) is 36.5 cm³/mol. The van der Waals surface area contributed by atoms with Crippen LogP contribution in [-0.4, -0.2) is 10.3 Å². The summed E-state index contributed by atoms with van der Waals surface area (Å²) in [6.07, 6.45) is 0.295. The average molecular weight is 141 g/mol. The first-order chi connectivity index (χ1) is 4.74. The van der Waals surface area contributed by atoms with E-state index in [-0.39, 0.29) is 0 Å². The molecule has 0 saturated carbocycles. The first-order valence-electron chi connectivity index (χ1n) is 3.37. The number of rotatable bonds is 2. The van der Waals surface area contributed by atoms with Gasteiger partial charge in [0.2, 0.25) is 0 Å². The third-order valence-electron chi connectivity index (χ3n) is 1.35. The van der Waals surface area contributed by atoms with Crippen molar-refractivity contribution in [3.8, 4) is 0 Å². The summed E-state index contributed by atoms with van der Waals surface area (Å²) in [6, 6.07) is 1.77. The van der Waals surface area contributed by atoms with E-state index in [0.717, 1.165) is 12.1 Å². The maximum absolute atomic E-state index is 9.00. The van der Waals surface area contributed by atoms with Gasteiger partial charge >= 0.3 is 0 Å². The van der Waals surface area contributed by atoms with Crippen molar-refractivity contribution in [2.24, 2.45) is 0 Å². The molecule has 0 spiro atoms. The molecule has 1 N–H and O–H groups in total. The monoisotopic (exact) mass is 141 g/mol. The quantitative estimate of drug-likeness (QED) is 0.675. The third-order valence-corrected chi connectivity index (χ3v) is 1.35. The lowest BCUT2D eigenvalue weighted by Crippen LogP contribution is -1.85. The Morgan fingerprint density at radius 2 is 2.50 bits per heavy atom. The summed E-state index contributed by atoms with van der Waals surface area (Å²) in [5.41, 5.74) is 0.885. The molecule has 10 heavy (non-hydrogen) atoms. The highest BCUT2D eigenvalue weighted by atomic mass is 16.5. The number of hydrogen-bond donors (Lipinski definition) is 1. The highest BCUT2D eigenvalue weighted by Crippen LogP contribution is 2.12. The predicted octanol–water partition coefficient (Wildman–Crippen LogP) is 1.29. The van der Waals surface area contributed by atoms with E-state index in [1.165, 1.54) is 0 Å². The molecule has 0 fully saturated rings. The molecule has 0 bridgehead atoms. The topological polar surface area (TPSA) is 46.3 Å². The van der Waals surface area contributed by atoms with Crippen molar-refractivity contribution in [3.63, 3.8) is 0 Å². The Morgan fingerprint density at radius 1 is 1.80 bits per heavy atom. The lowest BCUT2D eigenvalue weighted by Gasteiger charge is -1.92. The normalized spacial score (nSPS) is 13.5. The van der Waals surface area contributed by atoms with E-state index in [1.54, 1.807) is 13.0 Å². The number of aryl methyl sites for hydroxylation is 1. The fraction of sp³-hybridized carbons (Fsp3) is 0.571. The van der Waals surface area contributed by atoms with Gasteiger partial charge in [-0.25, -0.2) is 0 Å². The van der Waals surface area contributed by atoms with Crippen LogP contribution in [0.1, 0.15) is 31.4 Å². The Morgan fingerprint density at radius 3 is 2.80 bits per heavy atom. The minimum absolute atomic E-state index is 0.539. The van der Waals surface area contributed by atoms with Crippen LogP contribution in [0.15, 0.2) is 10.6 Å². The van der Waals surface area contributed by atoms with Gasteiger partial charge in [-0.15, -0.1) is 0 Å². The van der Waals surface area contributed by atoms with E-state index in [4.69, 9.17) is 9.63 Å². The Hall–Kier alpha value is -0.830. The van der Waals surface area contributed by atoms with E-state index in [0.29, 0.717) is 5.76 Å². The average Bonchev–Trinajstić information content (AvgIpc) is 2.34. The molecule has 0 amide bonds. The second kappa shape index (κ2) is 2.84. The molecular weight excluding hydrogens is 130 g/mol. The third kappa shape index (κ3) is 1.36. The van der Waals surface area contributed by atoms with Gasteiger partial charge in [0.25, 0.3) is 0 Å². The highest BCUT2D eigenvalue weighted by molar-refractivity contribution is 5.06. The fourth-order valence-electron chi connectivity index (χ4n) is 0.692. The van der Waals surface area contributed by atoms with E-state index in [1.807, 2.05) is 6.92 Å². The van der Waals surface area contributed by atoms with Crippen LogP contribution in [0.25, 0.3) is 0 Å². The minimum atomic E-state index is -0.548. The molecule has 1 rings (SSSR count). The Kier molecular flexibility index (Phi) is 2.06. The largest absolute Gasteiger partial charge is 0.385 e. The van der Waals surface area contributed by atoms with Crippen LogP contribution in [0, 0.1) is 0 Å². The Bertz CT molecular complexity index is 205. The SMILES string of the molecule is CCc1cc(C(C)O)on1. The van der Waals surface area contributed by atoms with E-state index < -0.39 is 6.10 Å². The molecule has 0 aromatic carbocycles. The molecule has 1 aromatic heterocycles. The van der Waals surface area contributed by atoms with Gasteiger partial charge in [-0.05, 0) is 13.3 Å². The van der Waals surface area contributed by atoms with Crippen LogP contribution in [0.3, 0.4) is 0 Å². The minimum Gasteiger partial charge on any atom is -0.385 e. The van der Waals surface area contributed by atoms with E-state index >= 15 is 0 Å². The van der Waals surface area contributed by atoms with Crippen LogP contribution in [-0.2, 0) is 6.42 Å².